The number of hydrogen-bond donors (Lipinski definition) is 0. The summed E-state index contributed by atoms with van der Waals surface area (Å²) >= 11 is 5.91. The molecule has 0 fully saturated rings. The van der Waals surface area contributed by atoms with Crippen molar-refractivity contribution in [1.29, 1.82) is 0 Å². The summed E-state index contributed by atoms with van der Waals surface area (Å²) in [4.78, 5) is 15.1. The average molecular weight is 242 g/mol. The summed E-state index contributed by atoms with van der Waals surface area (Å²) in [6.07, 6.45) is 0.733. The van der Waals surface area contributed by atoms with Gasteiger partial charge >= 0.3 is 0 Å². The van der Waals surface area contributed by atoms with Crippen LogP contribution in [0.25, 0.3) is 21.7 Å². The molecule has 82 valence electrons. The van der Waals surface area contributed by atoms with Crippen LogP contribution in [-0.4, -0.2) is 11.3 Å². The van der Waals surface area contributed by atoms with Crippen molar-refractivity contribution in [2.75, 3.05) is 0 Å². The Hall–Kier alpha value is -1.93. The summed E-state index contributed by atoms with van der Waals surface area (Å²) in [6, 6.07) is 13.7. The zero-order valence-corrected chi connectivity index (χ0v) is 9.61. The second kappa shape index (κ2) is 3.82. The number of carbonyl (C=O) groups is 1. The molecule has 3 rings (SSSR count). The van der Waals surface area contributed by atoms with Gasteiger partial charge in [0, 0.05) is 5.39 Å². The summed E-state index contributed by atoms with van der Waals surface area (Å²) in [6.45, 7) is 0. The molecule has 0 saturated carbocycles. The number of pyridine rings is 1. The molecular formula is C14H8ClNO. The van der Waals surface area contributed by atoms with Crippen LogP contribution in [0, 0.1) is 0 Å². The number of aldehydes is 1. The van der Waals surface area contributed by atoms with Gasteiger partial charge < -0.3 is 0 Å². The summed E-state index contributed by atoms with van der Waals surface area (Å²) in [5, 5.41) is 3.41. The first-order valence-corrected chi connectivity index (χ1v) is 5.60. The van der Waals surface area contributed by atoms with E-state index >= 15 is 0 Å². The zero-order valence-electron chi connectivity index (χ0n) is 8.85. The molecule has 0 N–H and O–H groups in total. The maximum atomic E-state index is 10.9. The molecule has 2 aromatic carbocycles. The topological polar surface area (TPSA) is 30.0 Å². The first-order valence-electron chi connectivity index (χ1n) is 5.23. The number of aromatic nitrogens is 1. The molecule has 1 heterocycles. The van der Waals surface area contributed by atoms with Crippen molar-refractivity contribution in [3.63, 3.8) is 0 Å². The molecule has 0 radical (unpaired) electrons. The lowest BCUT2D eigenvalue weighted by molar-refractivity contribution is 0.112. The van der Waals surface area contributed by atoms with Gasteiger partial charge in [-0.3, -0.25) is 4.79 Å². The zero-order chi connectivity index (χ0) is 11.8. The Bertz CT molecular complexity index is 737. The average Bonchev–Trinajstić information content (AvgIpc) is 2.37. The lowest BCUT2D eigenvalue weighted by Gasteiger charge is -2.04. The summed E-state index contributed by atoms with van der Waals surface area (Å²) in [5.74, 6) is 0. The van der Waals surface area contributed by atoms with Gasteiger partial charge in [0.2, 0.25) is 0 Å². The van der Waals surface area contributed by atoms with E-state index in [4.69, 9.17) is 11.6 Å². The Labute approximate surface area is 103 Å². The first kappa shape index (κ1) is 10.2. The fourth-order valence-corrected chi connectivity index (χ4v) is 2.19. The van der Waals surface area contributed by atoms with Crippen LogP contribution >= 0.6 is 11.6 Å². The van der Waals surface area contributed by atoms with Crippen molar-refractivity contribution in [3.05, 3.63) is 53.2 Å². The van der Waals surface area contributed by atoms with E-state index in [1.807, 2.05) is 36.4 Å². The van der Waals surface area contributed by atoms with Crippen molar-refractivity contribution in [2.24, 2.45) is 0 Å². The van der Waals surface area contributed by atoms with E-state index < -0.39 is 0 Å². The minimum atomic E-state index is 0.253. The van der Waals surface area contributed by atoms with E-state index in [0.717, 1.165) is 28.0 Å². The third-order valence-corrected chi connectivity index (χ3v) is 3.13. The highest BCUT2D eigenvalue weighted by atomic mass is 35.5. The minimum Gasteiger partial charge on any atom is -0.298 e. The minimum absolute atomic E-state index is 0.253. The van der Waals surface area contributed by atoms with E-state index in [2.05, 4.69) is 4.98 Å². The normalized spacial score (nSPS) is 10.9. The largest absolute Gasteiger partial charge is 0.298 e. The lowest BCUT2D eigenvalue weighted by atomic mass is 10.0. The molecular weight excluding hydrogens is 234 g/mol. The van der Waals surface area contributed by atoms with Gasteiger partial charge in [-0.15, -0.1) is 0 Å². The number of benzene rings is 2. The van der Waals surface area contributed by atoms with Gasteiger partial charge in [0.05, 0.1) is 11.1 Å². The lowest BCUT2D eigenvalue weighted by Crippen LogP contribution is -1.89. The molecule has 17 heavy (non-hydrogen) atoms. The molecule has 0 aliphatic carbocycles. The molecule has 0 aliphatic rings. The standard InChI is InChI=1S/C14H8ClNO/c15-14-10(8-17)7-12-11-4-2-1-3-9(11)5-6-13(12)16-14/h1-8H. The molecule has 3 heteroatoms. The maximum absolute atomic E-state index is 10.9. The van der Waals surface area contributed by atoms with Crippen LogP contribution in [0.5, 0.6) is 0 Å². The Kier molecular flexibility index (Phi) is 2.30. The molecule has 0 bridgehead atoms. The van der Waals surface area contributed by atoms with E-state index in [1.54, 1.807) is 6.07 Å². The first-order chi connectivity index (χ1) is 8.29. The van der Waals surface area contributed by atoms with Gasteiger partial charge in [-0.1, -0.05) is 41.9 Å². The molecule has 0 aliphatic heterocycles. The fourth-order valence-electron chi connectivity index (χ4n) is 2.00. The molecule has 0 saturated heterocycles. The van der Waals surface area contributed by atoms with Crippen LogP contribution in [0.2, 0.25) is 5.15 Å². The van der Waals surface area contributed by atoms with Crippen LogP contribution in [0.3, 0.4) is 0 Å². The molecule has 0 spiro atoms. The van der Waals surface area contributed by atoms with Gasteiger partial charge in [-0.2, -0.15) is 0 Å². The predicted molar refractivity (Wildman–Crippen MR) is 69.6 cm³/mol. The number of rotatable bonds is 1. The predicted octanol–water partition coefficient (Wildman–Crippen LogP) is 3.85. The van der Waals surface area contributed by atoms with E-state index in [1.165, 1.54) is 0 Å². The summed E-state index contributed by atoms with van der Waals surface area (Å²) < 4.78 is 0. The number of halogens is 1. The quantitative estimate of drug-likeness (QED) is 0.368. The van der Waals surface area contributed by atoms with Crippen LogP contribution in [0.15, 0.2) is 42.5 Å². The Balaban J connectivity index is 2.52. The van der Waals surface area contributed by atoms with E-state index in [9.17, 15) is 4.79 Å². The third-order valence-electron chi connectivity index (χ3n) is 2.83. The smallest absolute Gasteiger partial charge is 0.153 e. The maximum Gasteiger partial charge on any atom is 0.153 e. The van der Waals surface area contributed by atoms with Crippen LogP contribution in [0.1, 0.15) is 10.4 Å². The Morgan fingerprint density at radius 1 is 1.06 bits per heavy atom. The molecule has 2 nitrogen and oxygen atoms in total. The van der Waals surface area contributed by atoms with Gasteiger partial charge in [0.15, 0.2) is 6.29 Å². The van der Waals surface area contributed by atoms with Crippen molar-refractivity contribution >= 4 is 39.6 Å². The molecule has 0 unspecified atom stereocenters. The number of carbonyl (C=O) groups excluding carboxylic acids is 1. The van der Waals surface area contributed by atoms with Crippen LogP contribution < -0.4 is 0 Å². The highest BCUT2D eigenvalue weighted by Gasteiger charge is 2.06. The SMILES string of the molecule is O=Cc1cc2c(ccc3ccccc32)nc1Cl. The summed E-state index contributed by atoms with van der Waals surface area (Å²) in [5.41, 5.74) is 1.23. The number of fused-ring (bicyclic) bond motifs is 3. The van der Waals surface area contributed by atoms with Gasteiger partial charge in [0.1, 0.15) is 5.15 Å². The van der Waals surface area contributed by atoms with Crippen molar-refractivity contribution in [2.45, 2.75) is 0 Å². The molecule has 0 atom stereocenters. The van der Waals surface area contributed by atoms with Crippen molar-refractivity contribution < 1.29 is 4.79 Å². The van der Waals surface area contributed by atoms with Gasteiger partial charge in [-0.25, -0.2) is 4.98 Å². The number of hydrogen-bond acceptors (Lipinski definition) is 2. The third kappa shape index (κ3) is 1.58. The van der Waals surface area contributed by atoms with Crippen LogP contribution in [-0.2, 0) is 0 Å². The molecule has 3 aromatic rings. The van der Waals surface area contributed by atoms with Gasteiger partial charge in [-0.05, 0) is 22.9 Å². The fraction of sp³-hybridized carbons (Fsp3) is 0. The Morgan fingerprint density at radius 2 is 1.88 bits per heavy atom. The monoisotopic (exact) mass is 241 g/mol. The second-order valence-corrected chi connectivity index (χ2v) is 4.20. The number of nitrogens with zero attached hydrogens (tertiary/aromatic N) is 1. The molecule has 0 amide bonds. The highest BCUT2D eigenvalue weighted by Crippen LogP contribution is 2.26. The summed E-state index contributed by atoms with van der Waals surface area (Å²) in [7, 11) is 0. The van der Waals surface area contributed by atoms with Gasteiger partial charge in [0.25, 0.3) is 0 Å². The van der Waals surface area contributed by atoms with E-state index in [0.29, 0.717) is 5.56 Å². The van der Waals surface area contributed by atoms with Crippen molar-refractivity contribution in [1.82, 2.24) is 4.98 Å². The van der Waals surface area contributed by atoms with Crippen molar-refractivity contribution in [3.8, 4) is 0 Å². The Morgan fingerprint density at radius 3 is 2.71 bits per heavy atom. The second-order valence-electron chi connectivity index (χ2n) is 3.84. The van der Waals surface area contributed by atoms with E-state index in [-0.39, 0.29) is 5.15 Å². The highest BCUT2D eigenvalue weighted by molar-refractivity contribution is 6.32. The molecule has 1 aromatic heterocycles. The van der Waals surface area contributed by atoms with Crippen LogP contribution in [0.4, 0.5) is 0 Å².